The first-order valence-electron chi connectivity index (χ1n) is 7.48. The Labute approximate surface area is 131 Å². The Hall–Kier alpha value is -2.16. The van der Waals surface area contributed by atoms with Crippen molar-refractivity contribution in [2.45, 2.75) is 39.3 Å². The van der Waals surface area contributed by atoms with Gasteiger partial charge in [-0.15, -0.1) is 0 Å². The van der Waals surface area contributed by atoms with Crippen molar-refractivity contribution in [2.24, 2.45) is 0 Å². The Morgan fingerprint density at radius 2 is 2.00 bits per heavy atom. The molecule has 0 aliphatic carbocycles. The van der Waals surface area contributed by atoms with Crippen molar-refractivity contribution in [1.82, 2.24) is 15.1 Å². The molecule has 0 bridgehead atoms. The van der Waals surface area contributed by atoms with Crippen LogP contribution >= 0.6 is 0 Å². The van der Waals surface area contributed by atoms with Crippen molar-refractivity contribution in [1.29, 1.82) is 5.26 Å². The van der Waals surface area contributed by atoms with Gasteiger partial charge in [0.05, 0.1) is 23.5 Å². The van der Waals surface area contributed by atoms with E-state index in [0.29, 0.717) is 5.56 Å². The minimum Gasteiger partial charge on any atom is -0.396 e. The summed E-state index contributed by atoms with van der Waals surface area (Å²) in [6.07, 6.45) is 2.60. The molecule has 1 aromatic carbocycles. The second-order valence-corrected chi connectivity index (χ2v) is 5.56. The number of hydrogen-bond acceptors (Lipinski definition) is 4. The lowest BCUT2D eigenvalue weighted by atomic mass is 10.1. The summed E-state index contributed by atoms with van der Waals surface area (Å²) in [5.41, 5.74) is 3.79. The lowest BCUT2D eigenvalue weighted by Crippen LogP contribution is -2.29. The molecule has 5 heteroatoms. The average Bonchev–Trinajstić information content (AvgIpc) is 2.89. The standard InChI is InChI=1S/C17H22N4O/c1-12(8-9-22)20-13(2)17-11-19-21(14(17)3)16-6-4-15(10-18)5-7-16/h4-7,11-13,20,22H,8-9H2,1-3H3. The third-order valence-corrected chi connectivity index (χ3v) is 3.85. The van der Waals surface area contributed by atoms with Gasteiger partial charge in [0.1, 0.15) is 0 Å². The van der Waals surface area contributed by atoms with Crippen LogP contribution in [-0.4, -0.2) is 27.5 Å². The van der Waals surface area contributed by atoms with Crippen LogP contribution in [0.2, 0.25) is 0 Å². The number of rotatable bonds is 6. The molecule has 116 valence electrons. The monoisotopic (exact) mass is 298 g/mol. The summed E-state index contributed by atoms with van der Waals surface area (Å²) < 4.78 is 1.88. The van der Waals surface area contributed by atoms with E-state index in [9.17, 15) is 0 Å². The fourth-order valence-electron chi connectivity index (χ4n) is 2.58. The van der Waals surface area contributed by atoms with E-state index >= 15 is 0 Å². The summed E-state index contributed by atoms with van der Waals surface area (Å²) in [7, 11) is 0. The molecule has 2 aromatic rings. The Morgan fingerprint density at radius 3 is 2.59 bits per heavy atom. The van der Waals surface area contributed by atoms with Crippen LogP contribution < -0.4 is 5.32 Å². The van der Waals surface area contributed by atoms with Crippen LogP contribution in [0.4, 0.5) is 0 Å². The Morgan fingerprint density at radius 1 is 1.32 bits per heavy atom. The van der Waals surface area contributed by atoms with Crippen molar-refractivity contribution in [3.8, 4) is 11.8 Å². The van der Waals surface area contributed by atoms with E-state index in [-0.39, 0.29) is 18.7 Å². The molecule has 1 aromatic heterocycles. The molecule has 0 radical (unpaired) electrons. The Bertz CT molecular complexity index is 654. The summed E-state index contributed by atoms with van der Waals surface area (Å²) in [6, 6.07) is 9.91. The molecule has 22 heavy (non-hydrogen) atoms. The molecule has 2 N–H and O–H groups in total. The molecule has 0 saturated heterocycles. The second-order valence-electron chi connectivity index (χ2n) is 5.56. The summed E-state index contributed by atoms with van der Waals surface area (Å²) in [5.74, 6) is 0. The summed E-state index contributed by atoms with van der Waals surface area (Å²) >= 11 is 0. The van der Waals surface area contributed by atoms with Gasteiger partial charge in [-0.2, -0.15) is 10.4 Å². The van der Waals surface area contributed by atoms with E-state index in [1.165, 1.54) is 0 Å². The number of aliphatic hydroxyl groups excluding tert-OH is 1. The van der Waals surface area contributed by atoms with Crippen LogP contribution in [0.5, 0.6) is 0 Å². The van der Waals surface area contributed by atoms with Gasteiger partial charge in [-0.25, -0.2) is 4.68 Å². The molecule has 2 unspecified atom stereocenters. The van der Waals surface area contributed by atoms with Crippen molar-refractivity contribution >= 4 is 0 Å². The van der Waals surface area contributed by atoms with Gasteiger partial charge in [-0.05, 0) is 51.5 Å². The van der Waals surface area contributed by atoms with Gasteiger partial charge < -0.3 is 10.4 Å². The molecule has 2 rings (SSSR count). The van der Waals surface area contributed by atoms with E-state index < -0.39 is 0 Å². The number of nitrogens with zero attached hydrogens (tertiary/aromatic N) is 3. The average molecular weight is 298 g/mol. The van der Waals surface area contributed by atoms with Gasteiger partial charge in [0.25, 0.3) is 0 Å². The predicted molar refractivity (Wildman–Crippen MR) is 85.7 cm³/mol. The molecule has 0 fully saturated rings. The molecular weight excluding hydrogens is 276 g/mol. The minimum absolute atomic E-state index is 0.161. The molecule has 0 spiro atoms. The van der Waals surface area contributed by atoms with Crippen LogP contribution in [0.25, 0.3) is 5.69 Å². The zero-order valence-electron chi connectivity index (χ0n) is 13.2. The van der Waals surface area contributed by atoms with Crippen LogP contribution in [-0.2, 0) is 0 Å². The van der Waals surface area contributed by atoms with Crippen molar-refractivity contribution < 1.29 is 5.11 Å². The van der Waals surface area contributed by atoms with Crippen LogP contribution in [0.15, 0.2) is 30.5 Å². The molecule has 2 atom stereocenters. The molecule has 5 nitrogen and oxygen atoms in total. The number of benzene rings is 1. The summed E-state index contributed by atoms with van der Waals surface area (Å²) in [5, 5.41) is 25.8. The minimum atomic E-state index is 0.161. The molecule has 0 amide bonds. The topological polar surface area (TPSA) is 73.9 Å². The van der Waals surface area contributed by atoms with Gasteiger partial charge in [0.2, 0.25) is 0 Å². The summed E-state index contributed by atoms with van der Waals surface area (Å²) in [4.78, 5) is 0. The highest BCUT2D eigenvalue weighted by Gasteiger charge is 2.15. The lowest BCUT2D eigenvalue weighted by molar-refractivity contribution is 0.264. The third kappa shape index (κ3) is 3.53. The number of nitriles is 1. The molecule has 0 aliphatic rings. The zero-order valence-corrected chi connectivity index (χ0v) is 13.2. The highest BCUT2D eigenvalue weighted by atomic mass is 16.3. The number of nitrogens with one attached hydrogen (secondary N) is 1. The Kier molecular flexibility index (Phi) is 5.31. The van der Waals surface area contributed by atoms with Crippen LogP contribution in [0, 0.1) is 18.3 Å². The van der Waals surface area contributed by atoms with E-state index in [1.54, 1.807) is 12.1 Å². The maximum atomic E-state index is 8.99. The van der Waals surface area contributed by atoms with Gasteiger partial charge >= 0.3 is 0 Å². The SMILES string of the molecule is Cc1c(C(C)NC(C)CCO)cnn1-c1ccc(C#N)cc1. The van der Waals surface area contributed by atoms with Crippen LogP contribution in [0.3, 0.4) is 0 Å². The summed E-state index contributed by atoms with van der Waals surface area (Å²) in [6.45, 7) is 6.38. The number of hydrogen-bond donors (Lipinski definition) is 2. The van der Waals surface area contributed by atoms with Crippen molar-refractivity contribution in [2.75, 3.05) is 6.61 Å². The maximum absolute atomic E-state index is 8.99. The zero-order chi connectivity index (χ0) is 16.1. The van der Waals surface area contributed by atoms with Gasteiger partial charge in [-0.3, -0.25) is 0 Å². The van der Waals surface area contributed by atoms with Gasteiger partial charge in [0.15, 0.2) is 0 Å². The third-order valence-electron chi connectivity index (χ3n) is 3.85. The van der Waals surface area contributed by atoms with Crippen molar-refractivity contribution in [3.63, 3.8) is 0 Å². The van der Waals surface area contributed by atoms with Crippen LogP contribution in [0.1, 0.15) is 43.1 Å². The maximum Gasteiger partial charge on any atom is 0.0991 e. The van der Waals surface area contributed by atoms with Gasteiger partial charge in [0, 0.05) is 29.9 Å². The highest BCUT2D eigenvalue weighted by Crippen LogP contribution is 2.21. The van der Waals surface area contributed by atoms with Gasteiger partial charge in [-0.1, -0.05) is 0 Å². The molecule has 0 saturated carbocycles. The molecule has 1 heterocycles. The smallest absolute Gasteiger partial charge is 0.0991 e. The predicted octanol–water partition coefficient (Wildman–Crippen LogP) is 2.47. The quantitative estimate of drug-likeness (QED) is 0.859. The number of aliphatic hydroxyl groups is 1. The van der Waals surface area contributed by atoms with E-state index in [2.05, 4.69) is 30.3 Å². The first-order chi connectivity index (χ1) is 10.6. The highest BCUT2D eigenvalue weighted by molar-refractivity contribution is 5.40. The van der Waals surface area contributed by atoms with Crippen molar-refractivity contribution in [3.05, 3.63) is 47.3 Å². The van der Waals surface area contributed by atoms with E-state index in [0.717, 1.165) is 23.4 Å². The van der Waals surface area contributed by atoms with E-state index in [1.807, 2.05) is 29.9 Å². The normalized spacial score (nSPS) is 13.6. The fourth-order valence-corrected chi connectivity index (χ4v) is 2.58. The fraction of sp³-hybridized carbons (Fsp3) is 0.412. The largest absolute Gasteiger partial charge is 0.396 e. The lowest BCUT2D eigenvalue weighted by Gasteiger charge is -2.19. The Balaban J connectivity index is 2.19. The van der Waals surface area contributed by atoms with E-state index in [4.69, 9.17) is 10.4 Å². The first kappa shape index (κ1) is 16.2. The second kappa shape index (κ2) is 7.21. The number of aromatic nitrogens is 2. The molecule has 0 aliphatic heterocycles. The first-order valence-corrected chi connectivity index (χ1v) is 7.48. The molecular formula is C17H22N4O.